The molecule has 0 aliphatic carbocycles. The Hall–Kier alpha value is -2.07. The number of nitrogens with one attached hydrogen (secondary N) is 3. The summed E-state index contributed by atoms with van der Waals surface area (Å²) < 4.78 is 51.1. The van der Waals surface area contributed by atoms with Gasteiger partial charge in [0, 0.05) is 11.4 Å². The van der Waals surface area contributed by atoms with Crippen LogP contribution in [0.2, 0.25) is 0 Å². The van der Waals surface area contributed by atoms with Crippen LogP contribution in [0.5, 0.6) is 0 Å². The summed E-state index contributed by atoms with van der Waals surface area (Å²) in [7, 11) is -7.10. The summed E-state index contributed by atoms with van der Waals surface area (Å²) in [6, 6.07) is 5.84. The average Bonchev–Trinajstić information content (AvgIpc) is 2.77. The van der Waals surface area contributed by atoms with Crippen LogP contribution in [0.25, 0.3) is 0 Å². The maximum atomic E-state index is 12.1. The molecular formula is C11H14N4O4S2. The minimum Gasteiger partial charge on any atom is -0.284 e. The fourth-order valence-electron chi connectivity index (χ4n) is 1.64. The van der Waals surface area contributed by atoms with Gasteiger partial charge in [-0.15, -0.1) is 0 Å². The first-order chi connectivity index (χ1) is 9.67. The third kappa shape index (κ3) is 3.95. The number of aromatic amines is 1. The van der Waals surface area contributed by atoms with Crippen LogP contribution < -0.4 is 9.44 Å². The zero-order valence-corrected chi connectivity index (χ0v) is 12.9. The third-order valence-electron chi connectivity index (χ3n) is 2.51. The van der Waals surface area contributed by atoms with E-state index >= 15 is 0 Å². The van der Waals surface area contributed by atoms with Crippen LogP contribution in [-0.2, 0) is 20.0 Å². The molecule has 0 spiro atoms. The van der Waals surface area contributed by atoms with Gasteiger partial charge >= 0.3 is 0 Å². The molecule has 8 nitrogen and oxygen atoms in total. The van der Waals surface area contributed by atoms with Gasteiger partial charge in [0.2, 0.25) is 10.0 Å². The number of hydrogen-bond donors (Lipinski definition) is 3. The molecule has 10 heteroatoms. The van der Waals surface area contributed by atoms with Crippen molar-refractivity contribution in [3.63, 3.8) is 0 Å². The molecule has 1 heterocycles. The molecule has 0 saturated heterocycles. The molecule has 1 aromatic heterocycles. The molecule has 2 rings (SSSR count). The standard InChI is InChI=1S/C11H14N4O4S2/c1-8-11(7-12-13-8)21(18,19)15-10-5-3-9(4-6-10)14-20(2,16)17/h3-7,14-15H,1-2H3,(H,12,13). The summed E-state index contributed by atoms with van der Waals surface area (Å²) in [5.74, 6) is 0. The number of sulfonamides is 2. The van der Waals surface area contributed by atoms with E-state index in [1.165, 1.54) is 30.5 Å². The number of aryl methyl sites for hydroxylation is 1. The van der Waals surface area contributed by atoms with Gasteiger partial charge in [-0.2, -0.15) is 5.10 Å². The Morgan fingerprint density at radius 2 is 1.52 bits per heavy atom. The Morgan fingerprint density at radius 1 is 1.00 bits per heavy atom. The molecule has 0 radical (unpaired) electrons. The minimum absolute atomic E-state index is 0.0563. The molecule has 2 aromatic rings. The summed E-state index contributed by atoms with van der Waals surface area (Å²) >= 11 is 0. The summed E-state index contributed by atoms with van der Waals surface area (Å²) in [6.07, 6.45) is 2.25. The summed E-state index contributed by atoms with van der Waals surface area (Å²) in [6.45, 7) is 1.60. The molecular weight excluding hydrogens is 316 g/mol. The Labute approximate surface area is 122 Å². The highest BCUT2D eigenvalue weighted by atomic mass is 32.2. The number of anilines is 2. The normalized spacial score (nSPS) is 12.1. The van der Waals surface area contributed by atoms with Crippen molar-refractivity contribution in [1.82, 2.24) is 10.2 Å². The molecule has 21 heavy (non-hydrogen) atoms. The molecule has 0 aliphatic rings. The van der Waals surface area contributed by atoms with Gasteiger partial charge in [0.05, 0.1) is 18.1 Å². The number of hydrogen-bond acceptors (Lipinski definition) is 5. The van der Waals surface area contributed by atoms with Crippen molar-refractivity contribution in [3.8, 4) is 0 Å². The summed E-state index contributed by atoms with van der Waals surface area (Å²) in [5, 5.41) is 6.21. The lowest BCUT2D eigenvalue weighted by Crippen LogP contribution is -2.13. The summed E-state index contributed by atoms with van der Waals surface area (Å²) in [5.41, 5.74) is 1.09. The van der Waals surface area contributed by atoms with Gasteiger partial charge in [-0.1, -0.05) is 0 Å². The van der Waals surface area contributed by atoms with E-state index in [0.29, 0.717) is 17.1 Å². The molecule has 0 atom stereocenters. The Bertz CT molecular complexity index is 839. The second-order valence-corrected chi connectivity index (χ2v) is 7.82. The maximum absolute atomic E-state index is 12.1. The number of aromatic nitrogens is 2. The van der Waals surface area contributed by atoms with Crippen LogP contribution >= 0.6 is 0 Å². The van der Waals surface area contributed by atoms with E-state index in [9.17, 15) is 16.8 Å². The van der Waals surface area contributed by atoms with Gasteiger partial charge in [-0.25, -0.2) is 16.8 Å². The zero-order chi connectivity index (χ0) is 15.7. The van der Waals surface area contributed by atoms with Gasteiger partial charge in [-0.05, 0) is 31.2 Å². The second kappa shape index (κ2) is 5.37. The topological polar surface area (TPSA) is 121 Å². The first-order valence-electron chi connectivity index (χ1n) is 5.78. The molecule has 114 valence electrons. The lowest BCUT2D eigenvalue weighted by Gasteiger charge is -2.08. The molecule has 1 aromatic carbocycles. The minimum atomic E-state index is -3.73. The van der Waals surface area contributed by atoms with E-state index in [4.69, 9.17) is 0 Å². The average molecular weight is 330 g/mol. The quantitative estimate of drug-likeness (QED) is 0.752. The molecule has 0 fully saturated rings. The van der Waals surface area contributed by atoms with Gasteiger partial charge in [0.1, 0.15) is 4.90 Å². The highest BCUT2D eigenvalue weighted by Crippen LogP contribution is 2.19. The van der Waals surface area contributed by atoms with Crippen molar-refractivity contribution in [1.29, 1.82) is 0 Å². The van der Waals surface area contributed by atoms with Crippen molar-refractivity contribution in [3.05, 3.63) is 36.2 Å². The van der Waals surface area contributed by atoms with Crippen molar-refractivity contribution in [2.24, 2.45) is 0 Å². The van der Waals surface area contributed by atoms with E-state index in [2.05, 4.69) is 19.6 Å². The highest BCUT2D eigenvalue weighted by molar-refractivity contribution is 7.92. The van der Waals surface area contributed by atoms with Gasteiger partial charge in [-0.3, -0.25) is 14.5 Å². The first-order valence-corrected chi connectivity index (χ1v) is 9.15. The Morgan fingerprint density at radius 3 is 1.95 bits per heavy atom. The lowest BCUT2D eigenvalue weighted by atomic mass is 10.3. The molecule has 3 N–H and O–H groups in total. The molecule has 0 saturated carbocycles. The number of nitrogens with zero attached hydrogens (tertiary/aromatic N) is 1. The molecule has 0 amide bonds. The van der Waals surface area contributed by atoms with Gasteiger partial charge in [0.15, 0.2) is 0 Å². The number of benzene rings is 1. The maximum Gasteiger partial charge on any atom is 0.265 e. The predicted octanol–water partition coefficient (Wildman–Crippen LogP) is 0.890. The summed E-state index contributed by atoms with van der Waals surface area (Å²) in [4.78, 5) is 0.0563. The Kier molecular flexibility index (Phi) is 3.92. The predicted molar refractivity (Wildman–Crippen MR) is 79.0 cm³/mol. The van der Waals surface area contributed by atoms with Crippen LogP contribution in [0.3, 0.4) is 0 Å². The van der Waals surface area contributed by atoms with Crippen LogP contribution in [0.15, 0.2) is 35.4 Å². The number of rotatable bonds is 5. The van der Waals surface area contributed by atoms with Gasteiger partial charge < -0.3 is 0 Å². The van der Waals surface area contributed by atoms with Crippen LogP contribution in [0, 0.1) is 6.92 Å². The molecule has 0 unspecified atom stereocenters. The lowest BCUT2D eigenvalue weighted by molar-refractivity contribution is 0.600. The molecule has 0 aliphatic heterocycles. The van der Waals surface area contributed by atoms with E-state index in [-0.39, 0.29) is 4.90 Å². The fraction of sp³-hybridized carbons (Fsp3) is 0.182. The van der Waals surface area contributed by atoms with E-state index in [1.807, 2.05) is 0 Å². The zero-order valence-electron chi connectivity index (χ0n) is 11.3. The van der Waals surface area contributed by atoms with Crippen LogP contribution in [-0.4, -0.2) is 33.3 Å². The van der Waals surface area contributed by atoms with Gasteiger partial charge in [0.25, 0.3) is 10.0 Å². The van der Waals surface area contributed by atoms with Crippen molar-refractivity contribution in [2.75, 3.05) is 15.7 Å². The largest absolute Gasteiger partial charge is 0.284 e. The van der Waals surface area contributed by atoms with Crippen molar-refractivity contribution in [2.45, 2.75) is 11.8 Å². The van der Waals surface area contributed by atoms with Crippen LogP contribution in [0.4, 0.5) is 11.4 Å². The van der Waals surface area contributed by atoms with Crippen LogP contribution in [0.1, 0.15) is 5.69 Å². The smallest absolute Gasteiger partial charge is 0.265 e. The third-order valence-corrected chi connectivity index (χ3v) is 4.62. The number of H-pyrrole nitrogens is 1. The monoisotopic (exact) mass is 330 g/mol. The van der Waals surface area contributed by atoms with Crippen molar-refractivity contribution >= 4 is 31.4 Å². The molecule has 0 bridgehead atoms. The SMILES string of the molecule is Cc1[nH]ncc1S(=O)(=O)Nc1ccc(NS(C)(=O)=O)cc1. The van der Waals surface area contributed by atoms with E-state index < -0.39 is 20.0 Å². The highest BCUT2D eigenvalue weighted by Gasteiger charge is 2.18. The van der Waals surface area contributed by atoms with E-state index in [0.717, 1.165) is 6.26 Å². The van der Waals surface area contributed by atoms with Crippen molar-refractivity contribution < 1.29 is 16.8 Å². The second-order valence-electron chi connectivity index (χ2n) is 4.42. The van der Waals surface area contributed by atoms with E-state index in [1.54, 1.807) is 6.92 Å². The Balaban J connectivity index is 2.19. The first kappa shape index (κ1) is 15.3. The fourth-order valence-corrected chi connectivity index (χ4v) is 3.40.